The van der Waals surface area contributed by atoms with Crippen molar-refractivity contribution in [3.8, 4) is 0 Å². The molecule has 0 spiro atoms. The summed E-state index contributed by atoms with van der Waals surface area (Å²) in [6.45, 7) is 11.2. The molecule has 226 valence electrons. The van der Waals surface area contributed by atoms with E-state index in [1.165, 1.54) is 6.21 Å². The van der Waals surface area contributed by atoms with Crippen LogP contribution in [0.5, 0.6) is 0 Å². The van der Waals surface area contributed by atoms with Crippen molar-refractivity contribution in [2.45, 2.75) is 89.6 Å². The van der Waals surface area contributed by atoms with Crippen molar-refractivity contribution in [3.63, 3.8) is 0 Å². The summed E-state index contributed by atoms with van der Waals surface area (Å²) in [5.74, 6) is -1.45. The first kappa shape index (κ1) is 32.0. The third-order valence-electron chi connectivity index (χ3n) is 7.95. The van der Waals surface area contributed by atoms with E-state index in [9.17, 15) is 19.1 Å². The van der Waals surface area contributed by atoms with Crippen molar-refractivity contribution in [1.82, 2.24) is 25.8 Å². The van der Waals surface area contributed by atoms with Gasteiger partial charge in [-0.15, -0.1) is 0 Å². The van der Waals surface area contributed by atoms with E-state index in [4.69, 9.17) is 5.73 Å². The van der Waals surface area contributed by atoms with Crippen molar-refractivity contribution >= 4 is 18.0 Å². The zero-order chi connectivity index (χ0) is 29.4. The molecule has 0 aromatic heterocycles. The number of likely N-dealkylation sites (tertiary alicyclic amines) is 2. The van der Waals surface area contributed by atoms with E-state index in [2.05, 4.69) is 27.5 Å². The first-order valence-corrected chi connectivity index (χ1v) is 14.5. The minimum absolute atomic E-state index is 0.0400. The Bertz CT molecular complexity index is 935. The lowest BCUT2D eigenvalue weighted by molar-refractivity contribution is -0.147. The summed E-state index contributed by atoms with van der Waals surface area (Å²) in [6.07, 6.45) is 1.98. The van der Waals surface area contributed by atoms with Gasteiger partial charge in [-0.2, -0.15) is 0 Å². The van der Waals surface area contributed by atoms with E-state index in [0.29, 0.717) is 56.8 Å². The van der Waals surface area contributed by atoms with Crippen LogP contribution in [0.25, 0.3) is 0 Å². The van der Waals surface area contributed by atoms with E-state index >= 15 is 4.39 Å². The van der Waals surface area contributed by atoms with Gasteiger partial charge in [0.1, 0.15) is 12.3 Å². The molecule has 40 heavy (non-hydrogen) atoms. The van der Waals surface area contributed by atoms with Gasteiger partial charge in [0.25, 0.3) is 0 Å². The molecule has 2 amide bonds. The molecule has 0 aromatic rings. The molecule has 0 saturated carbocycles. The second-order valence-electron chi connectivity index (χ2n) is 11.2. The maximum Gasteiger partial charge on any atom is 0.232 e. The van der Waals surface area contributed by atoms with Crippen molar-refractivity contribution in [1.29, 1.82) is 0 Å². The average Bonchev–Trinajstić information content (AvgIpc) is 2.90. The Kier molecular flexibility index (Phi) is 11.9. The van der Waals surface area contributed by atoms with Gasteiger partial charge < -0.3 is 31.7 Å². The Morgan fingerprint density at radius 2 is 2.00 bits per heavy atom. The van der Waals surface area contributed by atoms with Crippen LogP contribution < -0.4 is 21.7 Å². The largest absolute Gasteiger partial charge is 0.389 e. The molecule has 3 aliphatic rings. The van der Waals surface area contributed by atoms with Gasteiger partial charge >= 0.3 is 0 Å². The van der Waals surface area contributed by atoms with E-state index in [0.717, 1.165) is 6.42 Å². The van der Waals surface area contributed by atoms with E-state index in [-0.39, 0.29) is 24.8 Å². The number of hydrogen-bond acceptors (Lipinski definition) is 8. The van der Waals surface area contributed by atoms with Crippen LogP contribution in [0.3, 0.4) is 0 Å². The predicted octanol–water partition coefficient (Wildman–Crippen LogP) is 1.18. The molecular formula is C28H47F2N7O3. The molecule has 0 aromatic carbocycles. The van der Waals surface area contributed by atoms with Crippen molar-refractivity contribution < 1.29 is 23.5 Å². The highest BCUT2D eigenvalue weighted by atomic mass is 19.1. The van der Waals surface area contributed by atoms with Gasteiger partial charge in [0, 0.05) is 43.7 Å². The summed E-state index contributed by atoms with van der Waals surface area (Å²) in [6, 6.07) is -1.35. The molecule has 3 aliphatic heterocycles. The van der Waals surface area contributed by atoms with Gasteiger partial charge in [-0.05, 0) is 45.7 Å². The van der Waals surface area contributed by atoms with Crippen molar-refractivity contribution in [2.75, 3.05) is 32.7 Å². The number of nitrogens with zero attached hydrogens (tertiary/aromatic N) is 3. The minimum atomic E-state index is -1.28. The molecule has 0 aliphatic carbocycles. The van der Waals surface area contributed by atoms with Crippen LogP contribution in [0.15, 0.2) is 29.2 Å². The Labute approximate surface area is 236 Å². The van der Waals surface area contributed by atoms with Crippen LogP contribution in [0.2, 0.25) is 0 Å². The van der Waals surface area contributed by atoms with Crippen LogP contribution in [-0.2, 0) is 9.59 Å². The number of allylic oxidation sites excluding steroid dienone is 1. The van der Waals surface area contributed by atoms with Crippen molar-refractivity contribution in [3.05, 3.63) is 24.2 Å². The highest BCUT2D eigenvalue weighted by Crippen LogP contribution is 2.28. The number of nitrogens with two attached hydrogens (primary N) is 1. The zero-order valence-electron chi connectivity index (χ0n) is 24.0. The Hall–Kier alpha value is -2.57. The number of aliphatic imine (C=N–C) groups is 1. The highest BCUT2D eigenvalue weighted by Gasteiger charge is 2.41. The summed E-state index contributed by atoms with van der Waals surface area (Å²) in [4.78, 5) is 34.3. The number of rotatable bonds is 13. The number of halogens is 2. The number of alkyl halides is 2. The number of aliphatic hydroxyl groups is 1. The molecule has 10 nitrogen and oxygen atoms in total. The van der Waals surface area contributed by atoms with Crippen LogP contribution in [-0.4, -0.2) is 102 Å². The van der Waals surface area contributed by atoms with Crippen LogP contribution in [0.4, 0.5) is 8.78 Å². The third-order valence-corrected chi connectivity index (χ3v) is 7.95. The lowest BCUT2D eigenvalue weighted by Gasteiger charge is -2.43. The molecule has 6 N–H and O–H groups in total. The van der Waals surface area contributed by atoms with Crippen LogP contribution >= 0.6 is 0 Å². The molecule has 6 unspecified atom stereocenters. The minimum Gasteiger partial charge on any atom is -0.389 e. The molecule has 2 saturated heterocycles. The summed E-state index contributed by atoms with van der Waals surface area (Å²) in [5, 5.41) is 18.4. The average molecular weight is 568 g/mol. The molecule has 12 heteroatoms. The number of carbonyl (C=O) groups excluding carboxylic acids is 2. The predicted molar refractivity (Wildman–Crippen MR) is 152 cm³/mol. The number of amides is 2. The SMILES string of the molecule is C=C(CCC)NC(N)C(C(=O)NC1=CNCC(F)C1N1CCC(C(=O)N2CC(O)C2)CC1)C(C)N=CC(F)CC. The summed E-state index contributed by atoms with van der Waals surface area (Å²) in [5.41, 5.74) is 7.49. The van der Waals surface area contributed by atoms with Gasteiger partial charge in [-0.1, -0.05) is 26.8 Å². The van der Waals surface area contributed by atoms with E-state index in [1.807, 2.05) is 11.8 Å². The van der Waals surface area contributed by atoms with E-state index < -0.39 is 48.5 Å². The van der Waals surface area contributed by atoms with E-state index in [1.54, 1.807) is 24.9 Å². The second kappa shape index (κ2) is 14.9. The monoisotopic (exact) mass is 567 g/mol. The maximum atomic E-state index is 15.3. The number of piperidine rings is 1. The lowest BCUT2D eigenvalue weighted by Crippen LogP contribution is -2.59. The molecule has 0 radical (unpaired) electrons. The van der Waals surface area contributed by atoms with Gasteiger partial charge in [-0.3, -0.25) is 19.5 Å². The summed E-state index contributed by atoms with van der Waals surface area (Å²) < 4.78 is 29.2. The number of hydrogen-bond donors (Lipinski definition) is 5. The molecule has 3 rings (SSSR count). The first-order chi connectivity index (χ1) is 19.0. The smallest absolute Gasteiger partial charge is 0.232 e. The second-order valence-corrected chi connectivity index (χ2v) is 11.2. The summed E-state index contributed by atoms with van der Waals surface area (Å²) in [7, 11) is 0. The summed E-state index contributed by atoms with van der Waals surface area (Å²) >= 11 is 0. The van der Waals surface area contributed by atoms with Gasteiger partial charge in [-0.25, -0.2) is 8.78 Å². The number of carbonyl (C=O) groups is 2. The Morgan fingerprint density at radius 1 is 1.32 bits per heavy atom. The zero-order valence-corrected chi connectivity index (χ0v) is 24.0. The molecule has 0 bridgehead atoms. The maximum absolute atomic E-state index is 15.3. The molecular weight excluding hydrogens is 520 g/mol. The Morgan fingerprint density at radius 3 is 2.60 bits per heavy atom. The first-order valence-electron chi connectivity index (χ1n) is 14.5. The van der Waals surface area contributed by atoms with Crippen molar-refractivity contribution in [2.24, 2.45) is 22.6 Å². The fourth-order valence-electron chi connectivity index (χ4n) is 5.56. The van der Waals surface area contributed by atoms with Gasteiger partial charge in [0.2, 0.25) is 11.8 Å². The van der Waals surface area contributed by atoms with Crippen LogP contribution in [0.1, 0.15) is 52.9 Å². The molecule has 6 atom stereocenters. The standard InChI is InChI=1S/C28H47F2N7O3/c1-5-7-17(3)34-26(31)24(18(4)33-12-20(29)6-2)27(39)35-23-14-32-13-22(30)25(23)36-10-8-19(9-11-36)28(40)37-15-21(38)16-37/h12,14,18-22,24-26,32,34,38H,3,5-11,13,15-16,31H2,1-2,4H3,(H,35,39). The lowest BCUT2D eigenvalue weighted by atomic mass is 9.91. The fraction of sp³-hybridized carbons (Fsp3) is 0.750. The van der Waals surface area contributed by atoms with Gasteiger partial charge in [0.15, 0.2) is 0 Å². The highest BCUT2D eigenvalue weighted by molar-refractivity contribution is 5.82. The van der Waals surface area contributed by atoms with Crippen LogP contribution in [0, 0.1) is 11.8 Å². The van der Waals surface area contributed by atoms with Gasteiger partial charge in [0.05, 0.1) is 36.0 Å². The quantitative estimate of drug-likeness (QED) is 0.167. The third kappa shape index (κ3) is 8.23. The fourth-order valence-corrected chi connectivity index (χ4v) is 5.56. The topological polar surface area (TPSA) is 135 Å². The molecule has 3 heterocycles. The normalized spacial score (nSPS) is 25.8. The number of nitrogens with one attached hydrogen (secondary N) is 3. The number of aliphatic hydroxyl groups excluding tert-OH is 1. The number of β-amino-alcohol motifs (C(OH)–C–C–N with tert-alkyl or cyclic N) is 1. The Balaban J connectivity index is 1.70. The molecule has 2 fully saturated rings.